The van der Waals surface area contributed by atoms with Gasteiger partial charge in [0.05, 0.1) is 97.1 Å². The Morgan fingerprint density at radius 1 is 0.641 bits per heavy atom. The van der Waals surface area contributed by atoms with Crippen molar-refractivity contribution < 1.29 is 43.5 Å². The number of ether oxygens (including phenoxy) is 5. The number of likely N-dealkylation sites (N-methyl/N-ethyl adjacent to an activating group) is 1. The summed E-state index contributed by atoms with van der Waals surface area (Å²) in [7, 11) is 1.89. The second kappa shape index (κ2) is 36.2. The number of nitrogens with zero attached hydrogens (tertiary/aromatic N) is 4. The summed E-state index contributed by atoms with van der Waals surface area (Å²) in [6.07, 6.45) is 0.843. The summed E-state index contributed by atoms with van der Waals surface area (Å²) >= 11 is 15.2. The van der Waals surface area contributed by atoms with E-state index < -0.39 is 12.1 Å². The summed E-state index contributed by atoms with van der Waals surface area (Å²) in [6.45, 7) is 21.3. The zero-order valence-corrected chi connectivity index (χ0v) is 49.4. The number of aldehydes is 1. The average molecular weight is 1160 g/mol. The highest BCUT2D eigenvalue weighted by atomic mass is 35.5. The van der Waals surface area contributed by atoms with Crippen LogP contribution in [0.3, 0.4) is 0 Å². The molecule has 78 heavy (non-hydrogen) atoms. The lowest BCUT2D eigenvalue weighted by Crippen LogP contribution is -2.42. The number of fused-ring (bicyclic) bond motifs is 2. The second-order valence-corrected chi connectivity index (χ2v) is 20.4. The molecule has 0 radical (unpaired) electrons. The van der Waals surface area contributed by atoms with Crippen LogP contribution < -0.4 is 20.4 Å². The maximum Gasteiger partial charge on any atom is 0.222 e. The monoisotopic (exact) mass is 1160 g/mol. The number of hydrogen-bond donors (Lipinski definition) is 8. The van der Waals surface area contributed by atoms with E-state index in [1.807, 2.05) is 72.9 Å². The molecule has 428 valence electrons. The second-order valence-electron chi connectivity index (χ2n) is 17.1. The van der Waals surface area contributed by atoms with Crippen LogP contribution >= 0.6 is 45.9 Å². The molecule has 2 aliphatic rings. The first-order valence-electron chi connectivity index (χ1n) is 25.7. The van der Waals surface area contributed by atoms with E-state index in [1.54, 1.807) is 59.2 Å². The van der Waals surface area contributed by atoms with Gasteiger partial charge in [-0.2, -0.15) is 0 Å². The molecule has 0 bridgehead atoms. The third-order valence-corrected chi connectivity index (χ3v) is 14.4. The number of aryl methyl sites for hydroxylation is 2. The summed E-state index contributed by atoms with van der Waals surface area (Å²) in [6, 6.07) is 13.3. The number of amides is 1. The fourth-order valence-electron chi connectivity index (χ4n) is 7.57. The molecule has 0 saturated carbocycles. The van der Waals surface area contributed by atoms with Crippen LogP contribution in [-0.2, 0) is 33.3 Å². The van der Waals surface area contributed by atoms with Crippen molar-refractivity contribution >= 4 is 103 Å². The van der Waals surface area contributed by atoms with Crippen LogP contribution in [-0.4, -0.2) is 169 Å². The molecule has 0 spiro atoms. The van der Waals surface area contributed by atoms with Crippen molar-refractivity contribution in [2.75, 3.05) is 109 Å². The van der Waals surface area contributed by atoms with Gasteiger partial charge in [-0.1, -0.05) is 61.3 Å². The summed E-state index contributed by atoms with van der Waals surface area (Å²) in [5.41, 5.74) is 7.03. The topological polar surface area (TPSA) is 271 Å². The highest BCUT2D eigenvalue weighted by Gasteiger charge is 2.36. The summed E-state index contributed by atoms with van der Waals surface area (Å²) in [4.78, 5) is 39.0. The lowest BCUT2D eigenvalue weighted by molar-refractivity contribution is -0.121. The molecule has 4 aromatic rings. The number of halogens is 2. The Kier molecular flexibility index (Phi) is 31.1. The van der Waals surface area contributed by atoms with Crippen molar-refractivity contribution in [3.63, 3.8) is 0 Å². The maximum atomic E-state index is 12.8. The van der Waals surface area contributed by atoms with Gasteiger partial charge in [0.15, 0.2) is 0 Å². The van der Waals surface area contributed by atoms with Crippen LogP contribution in [0.25, 0.3) is 0 Å². The van der Waals surface area contributed by atoms with Crippen LogP contribution in [0.5, 0.6) is 0 Å². The van der Waals surface area contributed by atoms with Crippen molar-refractivity contribution in [2.24, 2.45) is 9.98 Å². The summed E-state index contributed by atoms with van der Waals surface area (Å²) < 4.78 is 26.0. The number of carbonyl (C=O) groups excluding carboxylic acids is 2. The van der Waals surface area contributed by atoms with Crippen molar-refractivity contribution in [3.8, 4) is 0 Å². The Morgan fingerprint density at radius 2 is 1.01 bits per heavy atom. The van der Waals surface area contributed by atoms with Crippen LogP contribution in [0.15, 0.2) is 58.5 Å². The molecule has 1 amide bonds. The van der Waals surface area contributed by atoms with Gasteiger partial charge in [-0.15, -0.1) is 22.7 Å². The van der Waals surface area contributed by atoms with E-state index >= 15 is 0 Å². The van der Waals surface area contributed by atoms with E-state index in [9.17, 15) is 9.59 Å². The van der Waals surface area contributed by atoms with Crippen LogP contribution in [0, 0.1) is 49.3 Å². The Balaban J connectivity index is 0.000000332. The minimum Gasteiger partial charge on any atom is -0.394 e. The van der Waals surface area contributed by atoms with Gasteiger partial charge in [-0.05, 0) is 84.0 Å². The minimum atomic E-state index is -0.775. The van der Waals surface area contributed by atoms with E-state index in [1.165, 1.54) is 11.3 Å². The predicted octanol–water partition coefficient (Wildman–Crippen LogP) is 8.43. The number of aliphatic imine (C=N–C) groups is 2. The fourth-order valence-corrected chi connectivity index (χ4v) is 10.3. The zero-order valence-electron chi connectivity index (χ0n) is 46.3. The van der Waals surface area contributed by atoms with Crippen LogP contribution in [0.2, 0.25) is 10.0 Å². The van der Waals surface area contributed by atoms with Crippen LogP contribution in [0.4, 0.5) is 10.0 Å². The number of carbonyl (C=O) groups is 2. The van der Waals surface area contributed by atoms with Crippen molar-refractivity contribution in [3.05, 3.63) is 102 Å². The Morgan fingerprint density at radius 3 is 1.40 bits per heavy atom. The van der Waals surface area contributed by atoms with Gasteiger partial charge in [0.2, 0.25) is 5.91 Å². The Labute approximate surface area is 477 Å². The molecule has 8 N–H and O–H groups in total. The normalized spacial score (nSPS) is 14.7. The largest absolute Gasteiger partial charge is 0.394 e. The molecule has 2 aromatic heterocycles. The SMILES string of the molecule is CC.CC(=N)N1C(=N)C(CC=O)N=C(c2ccc(Cl)cc2)c2c1sc(C)c2C.CC(=N)N1C(=N)[C@H](CC(=O)NCCOCCOCCO)N=C(c2ccc(Cl)cc2)c2c1sc(C)c2C.CNCCOCCOCCOCCO. The van der Waals surface area contributed by atoms with Gasteiger partial charge in [0, 0.05) is 61.6 Å². The minimum absolute atomic E-state index is 0.0317. The van der Waals surface area contributed by atoms with Crippen molar-refractivity contribution in [1.29, 1.82) is 21.6 Å². The summed E-state index contributed by atoms with van der Waals surface area (Å²) in [5, 5.41) is 59.8. The molecule has 23 heteroatoms. The smallest absolute Gasteiger partial charge is 0.222 e. The number of anilines is 2. The fraction of sp³-hybridized carbons (Fsp3) is 0.491. The van der Waals surface area contributed by atoms with Gasteiger partial charge in [-0.25, -0.2) is 0 Å². The molecule has 0 fully saturated rings. The number of benzene rings is 2. The highest BCUT2D eigenvalue weighted by molar-refractivity contribution is 7.17. The number of hydrogen-bond acceptors (Lipinski definition) is 18. The van der Waals surface area contributed by atoms with Crippen molar-refractivity contribution in [1.82, 2.24) is 10.6 Å². The van der Waals surface area contributed by atoms with E-state index in [0.29, 0.717) is 81.8 Å². The number of aliphatic hydroxyl groups excluding tert-OH is 2. The third-order valence-electron chi connectivity index (χ3n) is 11.6. The lowest BCUT2D eigenvalue weighted by Gasteiger charge is -2.24. The number of amidine groups is 4. The Bertz CT molecular complexity index is 2620. The number of aliphatic hydroxyl groups is 2. The Hall–Kier alpha value is -5.14. The van der Waals surface area contributed by atoms with Gasteiger partial charge in [-0.3, -0.25) is 46.2 Å². The number of nitrogens with one attached hydrogen (secondary N) is 6. The van der Waals surface area contributed by atoms with Crippen molar-refractivity contribution in [2.45, 2.75) is 80.3 Å². The molecule has 19 nitrogen and oxygen atoms in total. The molecule has 2 aromatic carbocycles. The summed E-state index contributed by atoms with van der Waals surface area (Å²) in [5.74, 6) is 0.403. The predicted molar refractivity (Wildman–Crippen MR) is 318 cm³/mol. The molecule has 0 saturated heterocycles. The number of rotatable bonds is 25. The zero-order chi connectivity index (χ0) is 57.7. The maximum absolute atomic E-state index is 12.8. The first-order valence-corrected chi connectivity index (χ1v) is 28.1. The standard InChI is InChI=1S/C25H32ClN5O4S.C19H19ClN4OS.C9H21NO4.C2H6/c1-15-16(2)36-25-22(15)23(18-4-6-19(26)7-5-18)30-20(24(28)31(25)17(3)27)14-21(33)29-8-10-34-12-13-35-11-9-32;1-10-11(2)26-19-16(10)17(13-4-6-14(20)7-5-13)23-15(8-9-25)18(22)24(19)12(3)21;1-10-2-4-12-6-8-14-9-7-13-5-3-11;1-2/h4-7,20,27-28,32H,8-14H2,1-3H3,(H,29,33);4-7,9,15,21-22H,8H2,1-3H3;10-11H,2-9H2,1H3;1-2H3/t20-;;;/m0.../s1. The molecule has 2 aliphatic heterocycles. The lowest BCUT2D eigenvalue weighted by atomic mass is 9.99. The molecule has 1 unspecified atom stereocenters. The molecular formula is C55H78Cl2N10O9S2. The van der Waals surface area contributed by atoms with Crippen LogP contribution in [0.1, 0.15) is 83.7 Å². The van der Waals surface area contributed by atoms with E-state index in [-0.39, 0.29) is 61.9 Å². The first-order chi connectivity index (χ1) is 37.5. The molecule has 4 heterocycles. The quantitative estimate of drug-likeness (QED) is 0.0134. The van der Waals surface area contributed by atoms with E-state index in [4.69, 9.17) is 88.7 Å². The molecule has 2 atom stereocenters. The number of thiophene rings is 2. The van der Waals surface area contributed by atoms with Gasteiger partial charge >= 0.3 is 0 Å². The average Bonchev–Trinajstić information content (AvgIpc) is 3.90. The van der Waals surface area contributed by atoms with E-state index in [2.05, 4.69) is 10.6 Å². The molecule has 0 aliphatic carbocycles. The van der Waals surface area contributed by atoms with E-state index in [0.717, 1.165) is 71.7 Å². The van der Waals surface area contributed by atoms with Gasteiger partial charge in [0.1, 0.15) is 51.7 Å². The molecular weight excluding hydrogens is 1080 g/mol. The van der Waals surface area contributed by atoms with Gasteiger partial charge < -0.3 is 49.3 Å². The first kappa shape index (κ1) is 67.1. The third kappa shape index (κ3) is 20.2. The molecule has 6 rings (SSSR count). The highest BCUT2D eigenvalue weighted by Crippen LogP contribution is 2.42. The van der Waals surface area contributed by atoms with Gasteiger partial charge in [0.25, 0.3) is 0 Å².